The molecule has 0 aliphatic rings. The molecular weight excluding hydrogens is 305 g/mol. The van der Waals surface area contributed by atoms with E-state index in [2.05, 4.69) is 0 Å². The third-order valence-electron chi connectivity index (χ3n) is 2.95. The van der Waals surface area contributed by atoms with Crippen LogP contribution >= 0.6 is 23.2 Å². The van der Waals surface area contributed by atoms with Crippen LogP contribution in [0, 0.1) is 11.6 Å². The summed E-state index contributed by atoms with van der Waals surface area (Å²) in [7, 11) is 1.58. The van der Waals surface area contributed by atoms with Gasteiger partial charge in [-0.05, 0) is 41.8 Å². The number of hydrogen-bond donors (Lipinski definition) is 0. The second-order valence-corrected chi connectivity index (χ2v) is 5.24. The highest BCUT2D eigenvalue weighted by Crippen LogP contribution is 2.32. The predicted molar refractivity (Wildman–Crippen MR) is 76.7 cm³/mol. The Morgan fingerprint density at radius 1 is 1.10 bits per heavy atom. The number of benzene rings is 2. The Kier molecular flexibility index (Phi) is 4.84. The third-order valence-corrected chi connectivity index (χ3v) is 3.67. The van der Waals surface area contributed by atoms with Gasteiger partial charge < -0.3 is 4.74 Å². The molecule has 0 fully saturated rings. The maximum Gasteiger partial charge on any atom is 0.160 e. The molecule has 0 saturated heterocycles. The minimum atomic E-state index is -0.980. The maximum atomic E-state index is 13.2. The van der Waals surface area contributed by atoms with E-state index in [4.69, 9.17) is 27.9 Å². The van der Waals surface area contributed by atoms with Crippen molar-refractivity contribution in [1.29, 1.82) is 0 Å². The summed E-state index contributed by atoms with van der Waals surface area (Å²) in [4.78, 5) is 0. The molecule has 1 nitrogen and oxygen atoms in total. The van der Waals surface area contributed by atoms with Crippen LogP contribution in [-0.2, 0) is 6.42 Å². The van der Waals surface area contributed by atoms with E-state index in [1.807, 2.05) is 24.3 Å². The van der Waals surface area contributed by atoms with Crippen LogP contribution in [0.1, 0.15) is 16.5 Å². The Bertz CT molecular complexity index is 600. The van der Waals surface area contributed by atoms with Gasteiger partial charge in [-0.1, -0.05) is 23.7 Å². The van der Waals surface area contributed by atoms with Crippen molar-refractivity contribution in [2.45, 2.75) is 11.8 Å². The van der Waals surface area contributed by atoms with Gasteiger partial charge in [0.25, 0.3) is 0 Å². The Labute approximate surface area is 126 Å². The first-order chi connectivity index (χ1) is 9.51. The van der Waals surface area contributed by atoms with E-state index in [9.17, 15) is 8.78 Å². The van der Waals surface area contributed by atoms with Crippen molar-refractivity contribution in [2.24, 2.45) is 0 Å². The molecule has 5 heteroatoms. The molecule has 0 aliphatic heterocycles. The highest BCUT2D eigenvalue weighted by Gasteiger charge is 2.16. The number of halogens is 4. The molecule has 2 aromatic rings. The standard InChI is InChI=1S/C15H12Cl2F2O/c1-20-10-4-2-9(3-5-10)6-12(16)11-7-14(18)15(19)8-13(11)17/h2-5,7-8,12H,6H2,1H3. The number of alkyl halides is 1. The first-order valence-electron chi connectivity index (χ1n) is 5.92. The van der Waals surface area contributed by atoms with Crippen LogP contribution < -0.4 is 4.74 Å². The van der Waals surface area contributed by atoms with Gasteiger partial charge in [0, 0.05) is 5.02 Å². The fourth-order valence-corrected chi connectivity index (χ4v) is 2.55. The number of rotatable bonds is 4. The van der Waals surface area contributed by atoms with Gasteiger partial charge in [0.1, 0.15) is 5.75 Å². The molecule has 0 bridgehead atoms. The summed E-state index contributed by atoms with van der Waals surface area (Å²) in [5.74, 6) is -1.19. The van der Waals surface area contributed by atoms with Crippen molar-refractivity contribution in [3.05, 3.63) is 64.2 Å². The summed E-state index contributed by atoms with van der Waals surface area (Å²) in [6.45, 7) is 0. The first kappa shape index (κ1) is 15.1. The summed E-state index contributed by atoms with van der Waals surface area (Å²) >= 11 is 12.1. The lowest BCUT2D eigenvalue weighted by Gasteiger charge is -2.12. The van der Waals surface area contributed by atoms with Crippen molar-refractivity contribution in [1.82, 2.24) is 0 Å². The van der Waals surface area contributed by atoms with Crippen LogP contribution in [0.25, 0.3) is 0 Å². The van der Waals surface area contributed by atoms with Crippen molar-refractivity contribution in [3.8, 4) is 5.75 Å². The molecule has 0 aromatic heterocycles. The summed E-state index contributed by atoms with van der Waals surface area (Å²) in [6.07, 6.45) is 0.455. The molecule has 1 atom stereocenters. The Morgan fingerprint density at radius 3 is 2.30 bits per heavy atom. The minimum Gasteiger partial charge on any atom is -0.497 e. The minimum absolute atomic E-state index is 0.123. The van der Waals surface area contributed by atoms with Gasteiger partial charge in [-0.25, -0.2) is 8.78 Å². The monoisotopic (exact) mass is 316 g/mol. The largest absolute Gasteiger partial charge is 0.497 e. The normalized spacial score (nSPS) is 12.2. The lowest BCUT2D eigenvalue weighted by atomic mass is 10.0. The molecule has 0 spiro atoms. The molecule has 20 heavy (non-hydrogen) atoms. The van der Waals surface area contributed by atoms with Gasteiger partial charge in [0.15, 0.2) is 11.6 Å². The van der Waals surface area contributed by atoms with E-state index >= 15 is 0 Å². The molecule has 2 aromatic carbocycles. The quantitative estimate of drug-likeness (QED) is 0.560. The van der Waals surface area contributed by atoms with Crippen LogP contribution in [0.3, 0.4) is 0 Å². The lowest BCUT2D eigenvalue weighted by molar-refractivity contribution is 0.414. The smallest absolute Gasteiger partial charge is 0.160 e. The Balaban J connectivity index is 2.18. The molecule has 0 amide bonds. The molecule has 0 heterocycles. The number of ether oxygens (including phenoxy) is 1. The zero-order valence-electron chi connectivity index (χ0n) is 10.7. The third kappa shape index (κ3) is 3.41. The van der Waals surface area contributed by atoms with Gasteiger partial charge in [-0.3, -0.25) is 0 Å². The zero-order chi connectivity index (χ0) is 14.7. The first-order valence-corrected chi connectivity index (χ1v) is 6.74. The van der Waals surface area contributed by atoms with E-state index in [1.54, 1.807) is 7.11 Å². The second kappa shape index (κ2) is 6.42. The van der Waals surface area contributed by atoms with Gasteiger partial charge in [0.2, 0.25) is 0 Å². The fourth-order valence-electron chi connectivity index (χ4n) is 1.86. The van der Waals surface area contributed by atoms with Crippen molar-refractivity contribution in [2.75, 3.05) is 7.11 Å². The van der Waals surface area contributed by atoms with Crippen LogP contribution in [0.5, 0.6) is 5.75 Å². The number of hydrogen-bond acceptors (Lipinski definition) is 1. The van der Waals surface area contributed by atoms with Gasteiger partial charge in [-0.2, -0.15) is 0 Å². The van der Waals surface area contributed by atoms with Crippen molar-refractivity contribution in [3.63, 3.8) is 0 Å². The predicted octanol–water partition coefficient (Wildman–Crippen LogP) is 5.15. The molecule has 1 unspecified atom stereocenters. The molecule has 0 radical (unpaired) electrons. The van der Waals surface area contributed by atoms with Crippen molar-refractivity contribution >= 4 is 23.2 Å². The highest BCUT2D eigenvalue weighted by atomic mass is 35.5. The van der Waals surface area contributed by atoms with Gasteiger partial charge in [-0.15, -0.1) is 11.6 Å². The van der Waals surface area contributed by atoms with E-state index in [0.717, 1.165) is 23.4 Å². The summed E-state index contributed by atoms with van der Waals surface area (Å²) in [6, 6.07) is 9.33. The molecule has 0 aliphatic carbocycles. The maximum absolute atomic E-state index is 13.2. The summed E-state index contributed by atoms with van der Waals surface area (Å²) < 4.78 is 31.3. The van der Waals surface area contributed by atoms with Crippen LogP contribution in [0.15, 0.2) is 36.4 Å². The van der Waals surface area contributed by atoms with E-state index in [0.29, 0.717) is 12.0 Å². The molecule has 0 saturated carbocycles. The summed E-state index contributed by atoms with van der Waals surface area (Å²) in [5.41, 5.74) is 1.33. The lowest BCUT2D eigenvalue weighted by Crippen LogP contribution is -1.99. The fraction of sp³-hybridized carbons (Fsp3) is 0.200. The van der Waals surface area contributed by atoms with Gasteiger partial charge >= 0.3 is 0 Å². The van der Waals surface area contributed by atoms with E-state index < -0.39 is 17.0 Å². The Morgan fingerprint density at radius 2 is 1.70 bits per heavy atom. The topological polar surface area (TPSA) is 9.23 Å². The van der Waals surface area contributed by atoms with Crippen LogP contribution in [0.2, 0.25) is 5.02 Å². The molecule has 2 rings (SSSR count). The van der Waals surface area contributed by atoms with Crippen LogP contribution in [-0.4, -0.2) is 7.11 Å². The number of methoxy groups -OCH3 is 1. The Hall–Kier alpha value is -1.32. The van der Waals surface area contributed by atoms with E-state index in [-0.39, 0.29) is 5.02 Å². The average molecular weight is 317 g/mol. The zero-order valence-corrected chi connectivity index (χ0v) is 12.2. The molecule has 0 N–H and O–H groups in total. The molecular formula is C15H12Cl2F2O. The second-order valence-electron chi connectivity index (χ2n) is 4.31. The SMILES string of the molecule is COc1ccc(CC(Cl)c2cc(F)c(F)cc2Cl)cc1. The van der Waals surface area contributed by atoms with Crippen LogP contribution in [0.4, 0.5) is 8.78 Å². The van der Waals surface area contributed by atoms with E-state index in [1.165, 1.54) is 0 Å². The highest BCUT2D eigenvalue weighted by molar-refractivity contribution is 6.32. The molecule has 106 valence electrons. The average Bonchev–Trinajstić information content (AvgIpc) is 2.43. The van der Waals surface area contributed by atoms with Crippen molar-refractivity contribution < 1.29 is 13.5 Å². The van der Waals surface area contributed by atoms with Gasteiger partial charge in [0.05, 0.1) is 12.5 Å². The summed E-state index contributed by atoms with van der Waals surface area (Å²) in [5, 5.41) is -0.414.